The van der Waals surface area contributed by atoms with Crippen LogP contribution >= 0.6 is 0 Å². The molecule has 3 aromatic carbocycles. The van der Waals surface area contributed by atoms with Crippen LogP contribution in [0.1, 0.15) is 66.8 Å². The Morgan fingerprint density at radius 3 is 2.41 bits per heavy atom. The van der Waals surface area contributed by atoms with E-state index in [-0.39, 0.29) is 23.4 Å². The summed E-state index contributed by atoms with van der Waals surface area (Å²) in [5, 5.41) is 0.480. The van der Waals surface area contributed by atoms with Gasteiger partial charge in [-0.2, -0.15) is 0 Å². The van der Waals surface area contributed by atoms with E-state index in [4.69, 9.17) is 14.1 Å². The fourth-order valence-electron chi connectivity index (χ4n) is 5.01. The third-order valence-corrected chi connectivity index (χ3v) is 7.38. The summed E-state index contributed by atoms with van der Waals surface area (Å²) in [4.78, 5) is 34.9. The first kappa shape index (κ1) is 27.9. The Morgan fingerprint density at radius 2 is 1.76 bits per heavy atom. The molecule has 1 amide bonds. The highest BCUT2D eigenvalue weighted by atomic mass is 16.5. The summed E-state index contributed by atoms with van der Waals surface area (Å²) in [6, 6.07) is 23.6. The Hall–Kier alpha value is -4.65. The Kier molecular flexibility index (Phi) is 7.54. The lowest BCUT2D eigenvalue weighted by atomic mass is 9.86. The van der Waals surface area contributed by atoms with E-state index >= 15 is 0 Å². The fraction of sp³-hybridized carbons (Fsp3) is 0.265. The van der Waals surface area contributed by atoms with Crippen LogP contribution in [0.5, 0.6) is 5.75 Å². The third kappa shape index (κ3) is 5.53. The number of furan rings is 1. The van der Waals surface area contributed by atoms with Crippen LogP contribution in [0.2, 0.25) is 0 Å². The molecule has 2 heterocycles. The van der Waals surface area contributed by atoms with Gasteiger partial charge in [-0.25, -0.2) is 4.98 Å². The molecule has 210 valence electrons. The zero-order valence-corrected chi connectivity index (χ0v) is 24.3. The second-order valence-corrected chi connectivity index (χ2v) is 11.3. The van der Waals surface area contributed by atoms with Crippen molar-refractivity contribution in [3.63, 3.8) is 0 Å². The first-order valence-electron chi connectivity index (χ1n) is 13.7. The number of fused-ring (bicyclic) bond motifs is 1. The molecule has 0 aliphatic heterocycles. The van der Waals surface area contributed by atoms with E-state index in [2.05, 4.69) is 20.8 Å². The highest BCUT2D eigenvalue weighted by Crippen LogP contribution is 2.31. The van der Waals surface area contributed by atoms with Gasteiger partial charge in [0.25, 0.3) is 11.5 Å². The van der Waals surface area contributed by atoms with Crippen molar-refractivity contribution in [3.8, 4) is 11.4 Å². The molecule has 0 aliphatic carbocycles. The SMILES string of the molecule is COc1ccc(C)cc1-n1c(C(C)N(Cc2ccco2)C(=O)c2ccc(C(C)(C)C)cc2)nc2ccccc2c1=O. The zero-order valence-electron chi connectivity index (χ0n) is 24.3. The maximum atomic E-state index is 14.2. The standard InChI is InChI=1S/C34H35N3O4/c1-22-13-18-30(40-6)29(20-22)37-31(35-28-12-8-7-11-27(28)33(37)39)23(2)36(21-26-10-9-19-41-26)32(38)24-14-16-25(17-15-24)34(3,4)5/h7-20,23H,21H2,1-6H3. The Balaban J connectivity index is 1.70. The van der Waals surface area contributed by atoms with Gasteiger partial charge in [-0.1, -0.05) is 51.1 Å². The number of carbonyl (C=O) groups excluding carboxylic acids is 1. The number of carbonyl (C=O) groups is 1. The molecule has 0 N–H and O–H groups in total. The second kappa shape index (κ2) is 11.1. The highest BCUT2D eigenvalue weighted by Gasteiger charge is 2.29. The Morgan fingerprint density at radius 1 is 1.02 bits per heavy atom. The van der Waals surface area contributed by atoms with Crippen molar-refractivity contribution in [2.75, 3.05) is 7.11 Å². The monoisotopic (exact) mass is 549 g/mol. The number of amides is 1. The van der Waals surface area contributed by atoms with E-state index in [9.17, 15) is 9.59 Å². The number of ether oxygens (including phenoxy) is 1. The van der Waals surface area contributed by atoms with Gasteiger partial charge in [-0.05, 0) is 78.9 Å². The number of nitrogens with zero attached hydrogens (tertiary/aromatic N) is 3. The van der Waals surface area contributed by atoms with Crippen LogP contribution in [0, 0.1) is 6.92 Å². The summed E-state index contributed by atoms with van der Waals surface area (Å²) in [5.74, 6) is 1.38. The van der Waals surface area contributed by atoms with E-state index in [0.29, 0.717) is 39.5 Å². The number of para-hydroxylation sites is 1. The van der Waals surface area contributed by atoms with Gasteiger partial charge in [0, 0.05) is 5.56 Å². The predicted molar refractivity (Wildman–Crippen MR) is 161 cm³/mol. The molecule has 5 rings (SSSR count). The van der Waals surface area contributed by atoms with Gasteiger partial charge in [0.1, 0.15) is 17.3 Å². The van der Waals surface area contributed by atoms with Crippen LogP contribution in [0.3, 0.4) is 0 Å². The van der Waals surface area contributed by atoms with Crippen molar-refractivity contribution in [1.82, 2.24) is 14.5 Å². The minimum absolute atomic E-state index is 0.0410. The number of aryl methyl sites for hydroxylation is 1. The van der Waals surface area contributed by atoms with Gasteiger partial charge in [0.05, 0.1) is 42.5 Å². The van der Waals surface area contributed by atoms with E-state index < -0.39 is 6.04 Å². The Bertz CT molecular complexity index is 1750. The number of hydrogen-bond donors (Lipinski definition) is 0. The fourth-order valence-corrected chi connectivity index (χ4v) is 5.01. The van der Waals surface area contributed by atoms with Crippen LogP contribution in [0.4, 0.5) is 0 Å². The van der Waals surface area contributed by atoms with Crippen molar-refractivity contribution >= 4 is 16.8 Å². The first-order valence-corrected chi connectivity index (χ1v) is 13.7. The minimum atomic E-state index is -0.614. The van der Waals surface area contributed by atoms with Gasteiger partial charge >= 0.3 is 0 Å². The lowest BCUT2D eigenvalue weighted by molar-refractivity contribution is 0.0648. The predicted octanol–water partition coefficient (Wildman–Crippen LogP) is 7.00. The Labute approximate surface area is 240 Å². The van der Waals surface area contributed by atoms with Crippen LogP contribution < -0.4 is 10.3 Å². The third-order valence-electron chi connectivity index (χ3n) is 7.38. The number of rotatable bonds is 7. The number of benzene rings is 3. The summed E-state index contributed by atoms with van der Waals surface area (Å²) in [6.07, 6.45) is 1.59. The number of methoxy groups -OCH3 is 1. The van der Waals surface area contributed by atoms with Gasteiger partial charge in [0.2, 0.25) is 0 Å². The maximum Gasteiger partial charge on any atom is 0.266 e. The summed E-state index contributed by atoms with van der Waals surface area (Å²) >= 11 is 0. The largest absolute Gasteiger partial charge is 0.495 e. The topological polar surface area (TPSA) is 77.6 Å². The second-order valence-electron chi connectivity index (χ2n) is 11.3. The summed E-state index contributed by atoms with van der Waals surface area (Å²) in [5.41, 5.74) is 3.49. The molecule has 0 spiro atoms. The molecule has 7 nitrogen and oxygen atoms in total. The molecule has 0 fully saturated rings. The normalized spacial score (nSPS) is 12.3. The molecular formula is C34H35N3O4. The zero-order chi connectivity index (χ0) is 29.3. The molecule has 2 aromatic heterocycles. The van der Waals surface area contributed by atoms with Crippen molar-refractivity contribution in [2.45, 2.75) is 52.6 Å². The molecule has 41 heavy (non-hydrogen) atoms. The average molecular weight is 550 g/mol. The minimum Gasteiger partial charge on any atom is -0.495 e. The lowest BCUT2D eigenvalue weighted by Gasteiger charge is -2.30. The molecular weight excluding hydrogens is 514 g/mol. The van der Waals surface area contributed by atoms with Crippen LogP contribution in [0.25, 0.3) is 16.6 Å². The summed E-state index contributed by atoms with van der Waals surface area (Å²) < 4.78 is 12.9. The average Bonchev–Trinajstić information content (AvgIpc) is 3.48. The smallest absolute Gasteiger partial charge is 0.266 e. The van der Waals surface area contributed by atoms with E-state index in [1.807, 2.05) is 80.6 Å². The van der Waals surface area contributed by atoms with Crippen LogP contribution in [0.15, 0.2) is 94.3 Å². The lowest BCUT2D eigenvalue weighted by Crippen LogP contribution is -2.37. The van der Waals surface area contributed by atoms with Crippen LogP contribution in [-0.2, 0) is 12.0 Å². The van der Waals surface area contributed by atoms with E-state index in [0.717, 1.165) is 11.1 Å². The molecule has 1 atom stereocenters. The number of hydrogen-bond acceptors (Lipinski definition) is 5. The molecule has 5 aromatic rings. The molecule has 0 aliphatic rings. The van der Waals surface area contributed by atoms with Crippen molar-refractivity contribution in [2.24, 2.45) is 0 Å². The number of aromatic nitrogens is 2. The van der Waals surface area contributed by atoms with Crippen LogP contribution in [-0.4, -0.2) is 27.5 Å². The molecule has 0 saturated carbocycles. The summed E-state index contributed by atoms with van der Waals surface area (Å²) in [6.45, 7) is 10.5. The van der Waals surface area contributed by atoms with Gasteiger partial charge in [0.15, 0.2) is 0 Å². The van der Waals surface area contributed by atoms with E-state index in [1.54, 1.807) is 35.0 Å². The molecule has 0 radical (unpaired) electrons. The van der Waals surface area contributed by atoms with Crippen molar-refractivity contribution < 1.29 is 13.9 Å². The van der Waals surface area contributed by atoms with Gasteiger partial charge < -0.3 is 14.1 Å². The maximum absolute atomic E-state index is 14.2. The van der Waals surface area contributed by atoms with Gasteiger partial charge in [-0.15, -0.1) is 0 Å². The molecule has 7 heteroatoms. The quantitative estimate of drug-likeness (QED) is 0.219. The van der Waals surface area contributed by atoms with Gasteiger partial charge in [-0.3, -0.25) is 14.2 Å². The highest BCUT2D eigenvalue weighted by molar-refractivity contribution is 5.94. The van der Waals surface area contributed by atoms with Crippen molar-refractivity contribution in [3.05, 3.63) is 124 Å². The molecule has 0 bridgehead atoms. The molecule has 0 saturated heterocycles. The molecule has 1 unspecified atom stereocenters. The first-order chi connectivity index (χ1) is 19.6. The summed E-state index contributed by atoms with van der Waals surface area (Å²) in [7, 11) is 1.57. The van der Waals surface area contributed by atoms with Crippen molar-refractivity contribution in [1.29, 1.82) is 0 Å². The van der Waals surface area contributed by atoms with E-state index in [1.165, 1.54) is 0 Å².